The number of hydrogen-bond donors (Lipinski definition) is 0. The molecule has 3 nitrogen and oxygen atoms in total. The first-order valence-electron chi connectivity index (χ1n) is 0.667. The van der Waals surface area contributed by atoms with Crippen LogP contribution >= 0.6 is 0 Å². The molecule has 0 atom stereocenters. The Labute approximate surface area is 99.9 Å². The zero-order valence-electron chi connectivity index (χ0n) is 3.34. The third-order valence-electron chi connectivity index (χ3n) is 0. The number of rotatable bonds is 0. The van der Waals surface area contributed by atoms with Gasteiger partial charge in [-0.05, 0) is 11.2 Å². The van der Waals surface area contributed by atoms with E-state index in [1.54, 1.807) is 0 Å². The molecule has 0 spiro atoms. The molecule has 0 saturated carbocycles. The van der Waals surface area contributed by atoms with Crippen LogP contribution in [-0.2, 0) is 37.3 Å². The van der Waals surface area contributed by atoms with Crippen LogP contribution in [0.2, 0.25) is 0 Å². The van der Waals surface area contributed by atoms with E-state index >= 15 is 0 Å². The molecule has 0 aromatic heterocycles. The first-order valence-corrected chi connectivity index (χ1v) is 3.00. The summed E-state index contributed by atoms with van der Waals surface area (Å²) in [5.41, 5.74) is 0. The zero-order valence-corrected chi connectivity index (χ0v) is 9.04. The second-order valence-corrected chi connectivity index (χ2v) is 2.45. The minimum atomic E-state index is -4.33. The van der Waals surface area contributed by atoms with Crippen LogP contribution in [0, 0.1) is 0 Å². The van der Waals surface area contributed by atoms with Crippen molar-refractivity contribution in [2.45, 2.75) is 0 Å². The van der Waals surface area contributed by atoms with Gasteiger partial charge in [-0.15, -0.1) is 9.05 Å². The first-order chi connectivity index (χ1) is 2.00. The fraction of sp³-hybridized carbons (Fsp3) is 0. The van der Waals surface area contributed by atoms with E-state index in [1.807, 2.05) is 0 Å². The van der Waals surface area contributed by atoms with Crippen molar-refractivity contribution in [3.8, 4) is 0 Å². The SMILES string of the molecule is O=S([O-])([O-])=S.[Cu+2].[K+]. The Bertz CT molecular complexity index is 96.1. The quantitative estimate of drug-likeness (QED) is 0.386. The van der Waals surface area contributed by atoms with Crippen molar-refractivity contribution in [1.82, 2.24) is 0 Å². The van der Waals surface area contributed by atoms with Gasteiger partial charge in [-0.2, -0.15) is 0 Å². The predicted molar refractivity (Wildman–Crippen MR) is 17.1 cm³/mol. The molecule has 0 aliphatic carbocycles. The summed E-state index contributed by atoms with van der Waals surface area (Å²) in [6, 6.07) is 0. The van der Waals surface area contributed by atoms with Crippen LogP contribution in [0.4, 0.5) is 0 Å². The van der Waals surface area contributed by atoms with Crippen molar-refractivity contribution in [2.24, 2.45) is 0 Å². The Morgan fingerprint density at radius 2 is 1.43 bits per heavy atom. The molecule has 0 N–H and O–H groups in total. The largest absolute Gasteiger partial charge is 2.00 e. The first kappa shape index (κ1) is 16.2. The molecule has 0 heterocycles. The topological polar surface area (TPSA) is 63.2 Å². The third-order valence-corrected chi connectivity index (χ3v) is 0. The van der Waals surface area contributed by atoms with E-state index in [1.165, 1.54) is 0 Å². The Hall–Kier alpha value is 2.45. The number of hydrogen-bond acceptors (Lipinski definition) is 4. The summed E-state index contributed by atoms with van der Waals surface area (Å²) in [6.45, 7) is 0. The molecule has 0 rings (SSSR count). The smallest absolute Gasteiger partial charge is 0.780 e. The van der Waals surface area contributed by atoms with Crippen molar-refractivity contribution in [3.63, 3.8) is 0 Å². The molecule has 0 fully saturated rings. The van der Waals surface area contributed by atoms with Gasteiger partial charge >= 0.3 is 68.5 Å². The van der Waals surface area contributed by atoms with Crippen LogP contribution in [0.1, 0.15) is 0 Å². The van der Waals surface area contributed by atoms with Crippen molar-refractivity contribution < 1.29 is 81.8 Å². The average Bonchev–Trinajstić information content (AvgIpc) is 0.722. The second-order valence-electron chi connectivity index (χ2n) is 0.408. The van der Waals surface area contributed by atoms with Crippen molar-refractivity contribution >= 4 is 20.2 Å². The minimum absolute atomic E-state index is 0. The Kier molecular flexibility index (Phi) is 15.2. The van der Waals surface area contributed by atoms with E-state index in [2.05, 4.69) is 11.2 Å². The Morgan fingerprint density at radius 1 is 1.43 bits per heavy atom. The monoisotopic (exact) mass is 214 g/mol. The van der Waals surface area contributed by atoms with Crippen LogP contribution in [0.25, 0.3) is 0 Å². The standard InChI is InChI=1S/Cu.K.H2O3S2/c;;1-5(2,3)4/h;;(H2,1,2,3,4)/q+2;+1;/p-2. The van der Waals surface area contributed by atoms with E-state index in [4.69, 9.17) is 13.3 Å². The van der Waals surface area contributed by atoms with Crippen molar-refractivity contribution in [1.29, 1.82) is 0 Å². The van der Waals surface area contributed by atoms with Crippen LogP contribution in [0.3, 0.4) is 0 Å². The van der Waals surface area contributed by atoms with Crippen LogP contribution in [0.5, 0.6) is 0 Å². The second kappa shape index (κ2) is 6.56. The summed E-state index contributed by atoms with van der Waals surface area (Å²) < 4.78 is 26.7. The Balaban J connectivity index is -0.0000000800. The van der Waals surface area contributed by atoms with Gasteiger partial charge in [0, 0.05) is 0 Å². The summed E-state index contributed by atoms with van der Waals surface area (Å²) in [7, 11) is -4.33. The van der Waals surface area contributed by atoms with Gasteiger partial charge in [0.2, 0.25) is 0 Å². The van der Waals surface area contributed by atoms with E-state index in [9.17, 15) is 0 Å². The molecule has 7 heavy (non-hydrogen) atoms. The normalized spacial score (nSPS) is 8.29. The maximum absolute atomic E-state index is 8.89. The van der Waals surface area contributed by atoms with Gasteiger partial charge in [-0.3, -0.25) is 4.21 Å². The molecule has 0 aromatic carbocycles. The molecule has 0 aliphatic heterocycles. The van der Waals surface area contributed by atoms with Gasteiger partial charge < -0.3 is 9.11 Å². The molecule has 0 bridgehead atoms. The van der Waals surface area contributed by atoms with Gasteiger partial charge in [0.25, 0.3) is 0 Å². The summed E-state index contributed by atoms with van der Waals surface area (Å²) >= 11 is 3.24. The van der Waals surface area contributed by atoms with Gasteiger partial charge in [0.1, 0.15) is 0 Å². The molecular formula is CuKO3S2+. The summed E-state index contributed by atoms with van der Waals surface area (Å²) in [5.74, 6) is 0. The predicted octanol–water partition coefficient (Wildman–Crippen LogP) is -4.00. The molecule has 7 heteroatoms. The fourth-order valence-corrected chi connectivity index (χ4v) is 0. The van der Waals surface area contributed by atoms with Gasteiger partial charge in [0.15, 0.2) is 0 Å². The summed E-state index contributed by atoms with van der Waals surface area (Å²) in [4.78, 5) is 0. The maximum atomic E-state index is 8.89. The molecule has 0 aromatic rings. The third kappa shape index (κ3) is 58.7. The molecule has 0 aliphatic rings. The molecule has 0 unspecified atom stereocenters. The van der Waals surface area contributed by atoms with Crippen molar-refractivity contribution in [2.75, 3.05) is 0 Å². The molecular weight excluding hydrogens is 215 g/mol. The van der Waals surface area contributed by atoms with E-state index in [0.717, 1.165) is 0 Å². The van der Waals surface area contributed by atoms with Gasteiger partial charge in [-0.25, -0.2) is 0 Å². The average molecular weight is 215 g/mol. The Morgan fingerprint density at radius 3 is 1.43 bits per heavy atom. The molecule has 0 amide bonds. The van der Waals surface area contributed by atoms with Crippen LogP contribution in [0.15, 0.2) is 0 Å². The maximum Gasteiger partial charge on any atom is 2.00 e. The van der Waals surface area contributed by atoms with Crippen LogP contribution in [-0.4, -0.2) is 13.3 Å². The van der Waals surface area contributed by atoms with E-state index in [-0.39, 0.29) is 68.5 Å². The van der Waals surface area contributed by atoms with Gasteiger partial charge in [0.05, 0.1) is 0 Å². The zero-order chi connectivity index (χ0) is 4.50. The molecule has 0 saturated heterocycles. The summed E-state index contributed by atoms with van der Waals surface area (Å²) in [6.07, 6.45) is 0. The van der Waals surface area contributed by atoms with Crippen LogP contribution < -0.4 is 51.4 Å². The summed E-state index contributed by atoms with van der Waals surface area (Å²) in [5, 5.41) is 0. The van der Waals surface area contributed by atoms with Crippen molar-refractivity contribution in [3.05, 3.63) is 0 Å². The molecule has 1 radical (unpaired) electrons. The van der Waals surface area contributed by atoms with E-state index < -0.39 is 9.05 Å². The molecule has 41 valence electrons. The van der Waals surface area contributed by atoms with E-state index in [0.29, 0.717) is 0 Å². The minimum Gasteiger partial charge on any atom is -0.780 e. The fourth-order valence-electron chi connectivity index (χ4n) is 0. The van der Waals surface area contributed by atoms with Gasteiger partial charge in [-0.1, -0.05) is 0 Å².